The molecule has 0 unspecified atom stereocenters. The van der Waals surface area contributed by atoms with Gasteiger partial charge in [0.15, 0.2) is 0 Å². The van der Waals surface area contributed by atoms with E-state index in [0.717, 1.165) is 51.3 Å². The Morgan fingerprint density at radius 3 is 2.61 bits per heavy atom. The average molecular weight is 287 g/mol. The van der Waals surface area contributed by atoms with Gasteiger partial charge in [-0.1, -0.05) is 16.1 Å². The number of aromatic nitrogens is 2. The highest BCUT2D eigenvalue weighted by Gasteiger charge is 2.34. The molecule has 3 rings (SSSR count). The summed E-state index contributed by atoms with van der Waals surface area (Å²) >= 11 is 7.21. The van der Waals surface area contributed by atoms with Gasteiger partial charge in [0.25, 0.3) is 0 Å². The summed E-state index contributed by atoms with van der Waals surface area (Å²) in [6.45, 7) is 4.18. The highest BCUT2D eigenvalue weighted by atomic mass is 35.5. The van der Waals surface area contributed by atoms with Crippen LogP contribution in [-0.2, 0) is 11.3 Å². The number of nitrogens with zero attached hydrogens (tertiary/aromatic N) is 4. The maximum absolute atomic E-state index is 11.9. The first-order valence-electron chi connectivity index (χ1n) is 6.22. The smallest absolute Gasteiger partial charge is 0.225 e. The summed E-state index contributed by atoms with van der Waals surface area (Å²) in [5.74, 6) is 0.678. The summed E-state index contributed by atoms with van der Waals surface area (Å²) < 4.78 is 4.50. The van der Waals surface area contributed by atoms with Gasteiger partial charge in [0.1, 0.15) is 10.0 Å². The standard InChI is InChI=1S/C11H15ClN4OS/c12-10-9(13-14-18-10)7-15-3-5-16(6-4-15)11(17)8-1-2-8/h8H,1-7H2. The summed E-state index contributed by atoms with van der Waals surface area (Å²) in [4.78, 5) is 16.2. The molecule has 2 heterocycles. The van der Waals surface area contributed by atoms with Crippen molar-refractivity contribution in [2.45, 2.75) is 19.4 Å². The molecule has 1 aliphatic heterocycles. The van der Waals surface area contributed by atoms with Gasteiger partial charge in [0.05, 0.1) is 0 Å². The molecule has 1 amide bonds. The van der Waals surface area contributed by atoms with Crippen molar-refractivity contribution in [1.82, 2.24) is 19.4 Å². The maximum atomic E-state index is 11.9. The molecular formula is C11H15ClN4OS. The Labute approximate surface area is 115 Å². The predicted octanol–water partition coefficient (Wildman–Crippen LogP) is 1.25. The van der Waals surface area contributed by atoms with E-state index in [2.05, 4.69) is 14.5 Å². The quantitative estimate of drug-likeness (QED) is 0.839. The summed E-state index contributed by atoms with van der Waals surface area (Å²) in [6, 6.07) is 0. The van der Waals surface area contributed by atoms with E-state index in [1.807, 2.05) is 4.90 Å². The molecule has 0 atom stereocenters. The van der Waals surface area contributed by atoms with E-state index in [1.54, 1.807) is 0 Å². The number of rotatable bonds is 3. The fourth-order valence-corrected chi connectivity index (χ4v) is 2.83. The maximum Gasteiger partial charge on any atom is 0.225 e. The van der Waals surface area contributed by atoms with E-state index in [9.17, 15) is 4.79 Å². The lowest BCUT2D eigenvalue weighted by atomic mass is 10.2. The minimum absolute atomic E-state index is 0.328. The Bertz CT molecular complexity index is 440. The van der Waals surface area contributed by atoms with Crippen molar-refractivity contribution in [1.29, 1.82) is 0 Å². The zero-order chi connectivity index (χ0) is 12.5. The third-order valence-electron chi connectivity index (χ3n) is 3.49. The van der Waals surface area contributed by atoms with Gasteiger partial charge in [-0.05, 0) is 12.8 Å². The Morgan fingerprint density at radius 1 is 1.33 bits per heavy atom. The molecule has 1 aromatic rings. The molecule has 0 aromatic carbocycles. The molecule has 5 nitrogen and oxygen atoms in total. The summed E-state index contributed by atoms with van der Waals surface area (Å²) in [5, 5.41) is 4.02. The van der Waals surface area contributed by atoms with Crippen molar-refractivity contribution in [2.75, 3.05) is 26.2 Å². The minimum atomic E-state index is 0.328. The lowest BCUT2D eigenvalue weighted by molar-refractivity contribution is -0.134. The van der Waals surface area contributed by atoms with E-state index in [1.165, 1.54) is 11.5 Å². The average Bonchev–Trinajstić information content (AvgIpc) is 3.16. The third-order valence-corrected chi connectivity index (χ3v) is 4.48. The molecule has 98 valence electrons. The van der Waals surface area contributed by atoms with Gasteiger partial charge in [0.2, 0.25) is 5.91 Å². The Morgan fingerprint density at radius 2 is 2.06 bits per heavy atom. The molecule has 1 saturated carbocycles. The second-order valence-corrected chi connectivity index (χ2v) is 6.23. The first-order valence-corrected chi connectivity index (χ1v) is 7.37. The lowest BCUT2D eigenvalue weighted by Crippen LogP contribution is -2.48. The van der Waals surface area contributed by atoms with Crippen LogP contribution in [0.4, 0.5) is 0 Å². The number of hydrogen-bond donors (Lipinski definition) is 0. The normalized spacial score (nSPS) is 21.3. The van der Waals surface area contributed by atoms with E-state index >= 15 is 0 Å². The number of amides is 1. The van der Waals surface area contributed by atoms with Gasteiger partial charge in [-0.3, -0.25) is 9.69 Å². The van der Waals surface area contributed by atoms with Gasteiger partial charge in [-0.25, -0.2) is 0 Å². The molecule has 7 heteroatoms. The fraction of sp³-hybridized carbons (Fsp3) is 0.727. The van der Waals surface area contributed by atoms with E-state index in [4.69, 9.17) is 11.6 Å². The van der Waals surface area contributed by atoms with Crippen LogP contribution in [0.1, 0.15) is 18.5 Å². The van der Waals surface area contributed by atoms with Crippen LogP contribution >= 0.6 is 23.1 Å². The first kappa shape index (κ1) is 12.3. The highest BCUT2D eigenvalue weighted by Crippen LogP contribution is 2.31. The molecule has 1 saturated heterocycles. The monoisotopic (exact) mass is 286 g/mol. The Hall–Kier alpha value is -0.720. The zero-order valence-electron chi connectivity index (χ0n) is 10.0. The van der Waals surface area contributed by atoms with Crippen molar-refractivity contribution in [2.24, 2.45) is 5.92 Å². The SMILES string of the molecule is O=C(C1CC1)N1CCN(Cc2nnsc2Cl)CC1. The number of hydrogen-bond acceptors (Lipinski definition) is 5. The van der Waals surface area contributed by atoms with E-state index < -0.39 is 0 Å². The molecule has 18 heavy (non-hydrogen) atoms. The van der Waals surface area contributed by atoms with E-state index in [0.29, 0.717) is 16.2 Å². The topological polar surface area (TPSA) is 49.3 Å². The number of carbonyl (C=O) groups is 1. The van der Waals surface area contributed by atoms with Crippen LogP contribution in [-0.4, -0.2) is 51.5 Å². The number of piperazine rings is 1. The molecule has 0 radical (unpaired) electrons. The molecule has 0 N–H and O–H groups in total. The third kappa shape index (κ3) is 2.65. The van der Waals surface area contributed by atoms with Gasteiger partial charge in [-0.15, -0.1) is 5.10 Å². The summed E-state index contributed by atoms with van der Waals surface area (Å²) in [5.41, 5.74) is 0.851. The van der Waals surface area contributed by atoms with Gasteiger partial charge in [0, 0.05) is 50.2 Å². The summed E-state index contributed by atoms with van der Waals surface area (Å²) in [7, 11) is 0. The first-order chi connectivity index (χ1) is 8.74. The van der Waals surface area contributed by atoms with Gasteiger partial charge in [-0.2, -0.15) is 0 Å². The lowest BCUT2D eigenvalue weighted by Gasteiger charge is -2.34. The molecule has 0 spiro atoms. The number of carbonyl (C=O) groups excluding carboxylic acids is 1. The number of halogens is 1. The van der Waals surface area contributed by atoms with E-state index in [-0.39, 0.29) is 0 Å². The zero-order valence-corrected chi connectivity index (χ0v) is 11.6. The van der Waals surface area contributed by atoms with Crippen LogP contribution in [0.15, 0.2) is 0 Å². The van der Waals surface area contributed by atoms with Crippen LogP contribution in [0.3, 0.4) is 0 Å². The van der Waals surface area contributed by atoms with Gasteiger partial charge >= 0.3 is 0 Å². The second-order valence-electron chi connectivity index (χ2n) is 4.87. The van der Waals surface area contributed by atoms with Crippen molar-refractivity contribution >= 4 is 29.0 Å². The predicted molar refractivity (Wildman–Crippen MR) is 69.5 cm³/mol. The molecule has 0 bridgehead atoms. The Balaban J connectivity index is 1.50. The molecular weight excluding hydrogens is 272 g/mol. The fourth-order valence-electron chi connectivity index (χ4n) is 2.22. The van der Waals surface area contributed by atoms with Crippen molar-refractivity contribution in [3.63, 3.8) is 0 Å². The van der Waals surface area contributed by atoms with Crippen LogP contribution in [0, 0.1) is 5.92 Å². The Kier molecular flexibility index (Phi) is 3.50. The second kappa shape index (κ2) is 5.11. The van der Waals surface area contributed by atoms with Crippen molar-refractivity contribution in [3.05, 3.63) is 10.0 Å². The minimum Gasteiger partial charge on any atom is -0.340 e. The van der Waals surface area contributed by atoms with Crippen LogP contribution in [0.5, 0.6) is 0 Å². The largest absolute Gasteiger partial charge is 0.340 e. The van der Waals surface area contributed by atoms with Crippen molar-refractivity contribution < 1.29 is 4.79 Å². The molecule has 1 aliphatic carbocycles. The van der Waals surface area contributed by atoms with Crippen LogP contribution < -0.4 is 0 Å². The van der Waals surface area contributed by atoms with Gasteiger partial charge < -0.3 is 4.90 Å². The summed E-state index contributed by atoms with van der Waals surface area (Å²) in [6.07, 6.45) is 2.16. The molecule has 2 fully saturated rings. The van der Waals surface area contributed by atoms with Crippen LogP contribution in [0.25, 0.3) is 0 Å². The van der Waals surface area contributed by atoms with Crippen molar-refractivity contribution in [3.8, 4) is 0 Å². The molecule has 1 aromatic heterocycles. The van der Waals surface area contributed by atoms with Crippen LogP contribution in [0.2, 0.25) is 4.34 Å². The molecule has 2 aliphatic rings. The highest BCUT2D eigenvalue weighted by molar-refractivity contribution is 7.10.